The molecule has 15 heavy (non-hydrogen) atoms. The smallest absolute Gasteiger partial charge is 0.274 e. The molecular weight excluding hydrogens is 192 g/mol. The van der Waals surface area contributed by atoms with E-state index in [4.69, 9.17) is 0 Å². The van der Waals surface area contributed by atoms with E-state index in [2.05, 4.69) is 5.10 Å². The summed E-state index contributed by atoms with van der Waals surface area (Å²) < 4.78 is 1.21. The van der Waals surface area contributed by atoms with Crippen molar-refractivity contribution in [3.05, 3.63) is 29.1 Å². The second-order valence-electron chi connectivity index (χ2n) is 3.68. The number of hydrogen-bond donors (Lipinski definition) is 0. The Bertz CT molecular complexity index is 469. The van der Waals surface area contributed by atoms with Crippen LogP contribution in [0.15, 0.2) is 17.8 Å². The van der Waals surface area contributed by atoms with Crippen LogP contribution in [-0.4, -0.2) is 21.5 Å². The molecule has 0 amide bonds. The fourth-order valence-corrected chi connectivity index (χ4v) is 1.76. The molecule has 78 valence electrons. The molecule has 0 aliphatic carbocycles. The van der Waals surface area contributed by atoms with Gasteiger partial charge in [0.2, 0.25) is 5.78 Å². The average molecular weight is 204 g/mol. The van der Waals surface area contributed by atoms with Gasteiger partial charge < -0.3 is 0 Å². The number of nitrogens with zero attached hydrogens (tertiary/aromatic N) is 2. The Morgan fingerprint density at radius 2 is 2.13 bits per heavy atom. The standard InChI is InChI=1S/C11H12N2O2/c1-3-4-8-5-9(14)10-7(2)6-12-13(10)11(8)15/h5-6H,3-4H2,1-2H3. The van der Waals surface area contributed by atoms with Crippen LogP contribution in [0, 0.1) is 6.92 Å². The summed E-state index contributed by atoms with van der Waals surface area (Å²) in [6, 6.07) is 0. The van der Waals surface area contributed by atoms with Crippen molar-refractivity contribution >= 4 is 11.7 Å². The van der Waals surface area contributed by atoms with E-state index in [1.165, 1.54) is 10.8 Å². The molecular formula is C11H12N2O2. The van der Waals surface area contributed by atoms with E-state index in [9.17, 15) is 9.59 Å². The van der Waals surface area contributed by atoms with Crippen LogP contribution in [-0.2, 0) is 0 Å². The Morgan fingerprint density at radius 3 is 2.80 bits per heavy atom. The highest BCUT2D eigenvalue weighted by molar-refractivity contribution is 6.15. The fourth-order valence-electron chi connectivity index (χ4n) is 1.76. The van der Waals surface area contributed by atoms with E-state index in [0.29, 0.717) is 17.7 Å². The van der Waals surface area contributed by atoms with Gasteiger partial charge in [0, 0.05) is 5.57 Å². The first-order valence-electron chi connectivity index (χ1n) is 4.99. The molecule has 0 unspecified atom stereocenters. The number of ketones is 1. The van der Waals surface area contributed by atoms with Crippen LogP contribution in [0.4, 0.5) is 0 Å². The highest BCUT2D eigenvalue weighted by Gasteiger charge is 2.26. The molecule has 0 radical (unpaired) electrons. The second-order valence-corrected chi connectivity index (χ2v) is 3.68. The lowest BCUT2D eigenvalue weighted by atomic mass is 10.0. The van der Waals surface area contributed by atoms with Gasteiger partial charge in [0.05, 0.1) is 6.20 Å². The van der Waals surface area contributed by atoms with Crippen molar-refractivity contribution in [2.75, 3.05) is 0 Å². The fraction of sp³-hybridized carbons (Fsp3) is 0.364. The molecule has 0 aromatic carbocycles. The molecule has 0 bridgehead atoms. The second kappa shape index (κ2) is 3.46. The Kier molecular flexibility index (Phi) is 2.26. The van der Waals surface area contributed by atoms with Crippen molar-refractivity contribution < 1.29 is 9.59 Å². The lowest BCUT2D eigenvalue weighted by molar-refractivity contribution is 0.0894. The normalized spacial score (nSPS) is 15.2. The van der Waals surface area contributed by atoms with Crippen LogP contribution >= 0.6 is 0 Å². The number of allylic oxidation sites excluding steroid dienone is 2. The minimum absolute atomic E-state index is 0.118. The Morgan fingerprint density at radius 1 is 1.40 bits per heavy atom. The maximum atomic E-state index is 11.8. The van der Waals surface area contributed by atoms with Crippen molar-refractivity contribution in [2.24, 2.45) is 0 Å². The van der Waals surface area contributed by atoms with Gasteiger partial charge in [-0.3, -0.25) is 9.59 Å². The summed E-state index contributed by atoms with van der Waals surface area (Å²) in [5, 5.41) is 3.93. The molecule has 0 N–H and O–H groups in total. The molecule has 0 saturated heterocycles. The zero-order valence-electron chi connectivity index (χ0n) is 8.78. The van der Waals surface area contributed by atoms with Crippen LogP contribution in [0.2, 0.25) is 0 Å². The minimum atomic E-state index is -0.167. The Balaban J connectivity index is 2.50. The van der Waals surface area contributed by atoms with Gasteiger partial charge in [-0.05, 0) is 25.0 Å². The zero-order valence-corrected chi connectivity index (χ0v) is 8.78. The highest BCUT2D eigenvalue weighted by Crippen LogP contribution is 2.19. The van der Waals surface area contributed by atoms with Gasteiger partial charge in [-0.2, -0.15) is 9.78 Å². The summed E-state index contributed by atoms with van der Waals surface area (Å²) in [6.07, 6.45) is 4.47. The first-order valence-corrected chi connectivity index (χ1v) is 4.99. The number of hydrogen-bond acceptors (Lipinski definition) is 3. The zero-order chi connectivity index (χ0) is 11.0. The Labute approximate surface area is 87.6 Å². The van der Waals surface area contributed by atoms with Crippen LogP contribution < -0.4 is 0 Å². The SMILES string of the molecule is CCCC1=CC(=O)c2c(C)cnn2C1=O. The summed E-state index contributed by atoms with van der Waals surface area (Å²) in [5.41, 5.74) is 1.71. The molecule has 2 rings (SSSR count). The van der Waals surface area contributed by atoms with E-state index in [0.717, 1.165) is 12.0 Å². The topological polar surface area (TPSA) is 52.0 Å². The van der Waals surface area contributed by atoms with Gasteiger partial charge in [-0.25, -0.2) is 0 Å². The number of carbonyl (C=O) groups is 2. The molecule has 0 spiro atoms. The van der Waals surface area contributed by atoms with Crippen LogP contribution in [0.5, 0.6) is 0 Å². The van der Waals surface area contributed by atoms with Crippen molar-refractivity contribution in [3.63, 3.8) is 0 Å². The van der Waals surface area contributed by atoms with Crippen molar-refractivity contribution in [3.8, 4) is 0 Å². The number of rotatable bonds is 2. The molecule has 0 fully saturated rings. The molecule has 4 heteroatoms. The lowest BCUT2D eigenvalue weighted by Gasteiger charge is -2.12. The third kappa shape index (κ3) is 1.42. The molecule has 1 aliphatic rings. The van der Waals surface area contributed by atoms with Gasteiger partial charge in [0.1, 0.15) is 5.69 Å². The van der Waals surface area contributed by atoms with Crippen LogP contribution in [0.25, 0.3) is 0 Å². The monoisotopic (exact) mass is 204 g/mol. The third-order valence-electron chi connectivity index (χ3n) is 2.48. The predicted molar refractivity (Wildman–Crippen MR) is 54.9 cm³/mol. The molecule has 1 aromatic heterocycles. The molecule has 4 nitrogen and oxygen atoms in total. The number of carbonyl (C=O) groups excluding carboxylic acids is 2. The van der Waals surface area contributed by atoms with E-state index in [1.807, 2.05) is 6.92 Å². The number of fused-ring (bicyclic) bond motifs is 1. The first-order chi connectivity index (χ1) is 7.15. The number of aromatic nitrogens is 2. The summed E-state index contributed by atoms with van der Waals surface area (Å²) in [5.74, 6) is -0.285. The molecule has 0 saturated carbocycles. The lowest BCUT2D eigenvalue weighted by Crippen LogP contribution is -2.25. The summed E-state index contributed by atoms with van der Waals surface area (Å²) >= 11 is 0. The quantitative estimate of drug-likeness (QED) is 0.737. The van der Waals surface area contributed by atoms with Gasteiger partial charge in [0.25, 0.3) is 5.91 Å². The minimum Gasteiger partial charge on any atom is -0.288 e. The van der Waals surface area contributed by atoms with Gasteiger partial charge in [0.15, 0.2) is 0 Å². The maximum absolute atomic E-state index is 11.8. The largest absolute Gasteiger partial charge is 0.288 e. The number of aryl methyl sites for hydroxylation is 1. The van der Waals surface area contributed by atoms with Crippen LogP contribution in [0.1, 0.15) is 40.6 Å². The molecule has 1 aromatic rings. The molecule has 1 aliphatic heterocycles. The van der Waals surface area contributed by atoms with Crippen molar-refractivity contribution in [1.82, 2.24) is 9.78 Å². The summed E-state index contributed by atoms with van der Waals surface area (Å²) in [6.45, 7) is 3.76. The first kappa shape index (κ1) is 9.83. The third-order valence-corrected chi connectivity index (χ3v) is 2.48. The van der Waals surface area contributed by atoms with E-state index < -0.39 is 0 Å². The average Bonchev–Trinajstić information content (AvgIpc) is 2.57. The van der Waals surface area contributed by atoms with Crippen molar-refractivity contribution in [1.29, 1.82) is 0 Å². The van der Waals surface area contributed by atoms with E-state index in [1.54, 1.807) is 13.1 Å². The maximum Gasteiger partial charge on any atom is 0.274 e. The highest BCUT2D eigenvalue weighted by atomic mass is 16.2. The molecule has 2 heterocycles. The predicted octanol–water partition coefficient (Wildman–Crippen LogP) is 1.75. The van der Waals surface area contributed by atoms with Gasteiger partial charge >= 0.3 is 0 Å². The summed E-state index contributed by atoms with van der Waals surface area (Å²) in [4.78, 5) is 23.6. The van der Waals surface area contributed by atoms with Crippen LogP contribution in [0.3, 0.4) is 0 Å². The summed E-state index contributed by atoms with van der Waals surface area (Å²) in [7, 11) is 0. The Hall–Kier alpha value is -1.71. The van der Waals surface area contributed by atoms with E-state index in [-0.39, 0.29) is 11.7 Å². The van der Waals surface area contributed by atoms with Crippen molar-refractivity contribution in [2.45, 2.75) is 26.7 Å². The van der Waals surface area contributed by atoms with E-state index >= 15 is 0 Å². The van der Waals surface area contributed by atoms with Gasteiger partial charge in [-0.1, -0.05) is 13.3 Å². The molecule has 0 atom stereocenters. The van der Waals surface area contributed by atoms with Gasteiger partial charge in [-0.15, -0.1) is 0 Å².